The van der Waals surface area contributed by atoms with Crippen LogP contribution in [-0.4, -0.2) is 15.0 Å². The maximum Gasteiger partial charge on any atom is 0.164 e. The fourth-order valence-corrected chi connectivity index (χ4v) is 9.27. The predicted molar refractivity (Wildman–Crippen MR) is 245 cm³/mol. The van der Waals surface area contributed by atoms with Gasteiger partial charge in [-0.05, 0) is 96.4 Å². The van der Waals surface area contributed by atoms with E-state index >= 15 is 0 Å². The highest BCUT2D eigenvalue weighted by molar-refractivity contribution is 5.91. The van der Waals surface area contributed by atoms with E-state index in [0.717, 1.165) is 34.2 Å². The summed E-state index contributed by atoms with van der Waals surface area (Å²) in [6.45, 7) is 4.72. The largest absolute Gasteiger partial charge is 0.208 e. The smallest absolute Gasteiger partial charge is 0.164 e. The normalized spacial score (nSPS) is 12.8. The highest BCUT2D eigenvalue weighted by Gasteiger charge is 2.35. The second-order valence-electron chi connectivity index (χ2n) is 16.0. The Morgan fingerprint density at radius 3 is 1.41 bits per heavy atom. The first-order valence-electron chi connectivity index (χ1n) is 20.1. The summed E-state index contributed by atoms with van der Waals surface area (Å²) in [5.41, 5.74) is 21.3. The fourth-order valence-electron chi connectivity index (χ4n) is 9.27. The zero-order valence-corrected chi connectivity index (χ0v) is 32.4. The van der Waals surface area contributed by atoms with Crippen LogP contribution in [0.3, 0.4) is 0 Å². The van der Waals surface area contributed by atoms with E-state index in [2.05, 4.69) is 141 Å². The van der Waals surface area contributed by atoms with E-state index in [1.807, 2.05) is 60.7 Å². The van der Waals surface area contributed by atoms with Crippen molar-refractivity contribution in [3.63, 3.8) is 0 Å². The minimum atomic E-state index is -0.0336. The minimum Gasteiger partial charge on any atom is -0.208 e. The molecule has 0 aliphatic heterocycles. The van der Waals surface area contributed by atoms with E-state index in [9.17, 15) is 0 Å². The molecule has 59 heavy (non-hydrogen) atoms. The Kier molecular flexibility index (Phi) is 8.76. The van der Waals surface area contributed by atoms with Crippen molar-refractivity contribution in [3.8, 4) is 89.8 Å². The van der Waals surface area contributed by atoms with Crippen molar-refractivity contribution in [1.29, 1.82) is 0 Å². The van der Waals surface area contributed by atoms with Gasteiger partial charge in [-0.2, -0.15) is 0 Å². The van der Waals surface area contributed by atoms with Gasteiger partial charge >= 0.3 is 0 Å². The number of benzene rings is 8. The van der Waals surface area contributed by atoms with Crippen LogP contribution in [-0.2, 0) is 11.8 Å². The molecule has 0 N–H and O–H groups in total. The summed E-state index contributed by atoms with van der Waals surface area (Å²) in [5.74, 6) is 1.97. The zero-order chi connectivity index (χ0) is 38.8. The molecule has 0 fully saturated rings. The predicted octanol–water partition coefficient (Wildman–Crippen LogP) is 14.4. The van der Waals surface area contributed by atoms with Gasteiger partial charge in [-0.15, -0.1) is 0 Å². The molecule has 0 saturated carbocycles. The zero-order valence-electron chi connectivity index (χ0n) is 32.4. The Balaban J connectivity index is 0.00000420. The molecule has 0 bridgehead atoms. The van der Waals surface area contributed by atoms with Crippen LogP contribution in [0.15, 0.2) is 188 Å². The summed E-state index contributed by atoms with van der Waals surface area (Å²) < 4.78 is 0. The molecule has 0 spiro atoms. The molecule has 3 heteroatoms. The first-order chi connectivity index (χ1) is 28.5. The van der Waals surface area contributed by atoms with E-state index in [1.165, 1.54) is 66.8 Å². The summed E-state index contributed by atoms with van der Waals surface area (Å²) in [6, 6.07) is 67.4. The lowest BCUT2D eigenvalue weighted by Gasteiger charge is -2.22. The first kappa shape index (κ1) is 36.1. The maximum absolute atomic E-state index is 4.97. The Morgan fingerprint density at radius 2 is 0.763 bits per heavy atom. The summed E-state index contributed by atoms with van der Waals surface area (Å²) in [7, 11) is 0. The molecule has 2 aliphatic carbocycles. The third-order valence-corrected chi connectivity index (χ3v) is 12.2. The van der Waals surface area contributed by atoms with Gasteiger partial charge in [0.15, 0.2) is 17.5 Å². The summed E-state index contributed by atoms with van der Waals surface area (Å²) in [4.78, 5) is 14.8. The molecular weight excluding hydrogens is 715 g/mol. The van der Waals surface area contributed by atoms with Crippen LogP contribution >= 0.6 is 0 Å². The summed E-state index contributed by atoms with van der Waals surface area (Å²) in [5, 5.41) is 0. The molecule has 0 saturated heterocycles. The molecule has 0 atom stereocenters. The summed E-state index contributed by atoms with van der Waals surface area (Å²) in [6.07, 6.45) is 0.906. The topological polar surface area (TPSA) is 38.7 Å². The Bertz CT molecular complexity index is 2980. The lowest BCUT2D eigenvalue weighted by molar-refractivity contribution is 0.660. The minimum absolute atomic E-state index is 0. The van der Waals surface area contributed by atoms with Crippen molar-refractivity contribution in [2.45, 2.75) is 33.1 Å². The van der Waals surface area contributed by atoms with Gasteiger partial charge in [-0.1, -0.05) is 197 Å². The number of hydrogen-bond donors (Lipinski definition) is 0. The Hall–Kier alpha value is -7.23. The van der Waals surface area contributed by atoms with Crippen LogP contribution in [0.2, 0.25) is 0 Å². The average Bonchev–Trinajstić information content (AvgIpc) is 3.79. The van der Waals surface area contributed by atoms with Crippen LogP contribution in [0.4, 0.5) is 0 Å². The van der Waals surface area contributed by atoms with Gasteiger partial charge in [-0.25, -0.2) is 15.0 Å². The van der Waals surface area contributed by atoms with E-state index in [4.69, 9.17) is 15.0 Å². The van der Waals surface area contributed by atoms with Gasteiger partial charge in [0.05, 0.1) is 0 Å². The van der Waals surface area contributed by atoms with Gasteiger partial charge in [0, 0.05) is 22.1 Å². The van der Waals surface area contributed by atoms with Crippen LogP contribution < -0.4 is 0 Å². The average molecular weight is 758 g/mol. The number of hydrogen-bond acceptors (Lipinski definition) is 3. The van der Waals surface area contributed by atoms with E-state index in [-0.39, 0.29) is 12.8 Å². The highest BCUT2D eigenvalue weighted by atomic mass is 15.0. The number of aromatic nitrogens is 3. The SMILES string of the molecule is C.CC1(C)c2ccccc2-c2ccc(-c3cccc4c3Cc3c(-c5ccc(-c6cccc(-c7nc(-c8ccccc8)nc(-c8ccccc8)n7)c6)cc5)cccc3-4)cc21. The molecule has 8 aromatic carbocycles. The van der Waals surface area contributed by atoms with Crippen molar-refractivity contribution >= 4 is 0 Å². The molecule has 0 radical (unpaired) electrons. The number of rotatable bonds is 6. The van der Waals surface area contributed by atoms with E-state index in [1.54, 1.807) is 0 Å². The second-order valence-corrected chi connectivity index (χ2v) is 16.0. The first-order valence-corrected chi connectivity index (χ1v) is 20.1. The van der Waals surface area contributed by atoms with Crippen molar-refractivity contribution in [2.24, 2.45) is 0 Å². The van der Waals surface area contributed by atoms with Gasteiger partial charge in [0.25, 0.3) is 0 Å². The number of fused-ring (bicyclic) bond motifs is 6. The molecule has 9 aromatic rings. The monoisotopic (exact) mass is 757 g/mol. The van der Waals surface area contributed by atoms with Crippen molar-refractivity contribution in [1.82, 2.24) is 15.0 Å². The van der Waals surface area contributed by atoms with Crippen LogP contribution in [0.1, 0.15) is 43.5 Å². The molecule has 3 nitrogen and oxygen atoms in total. The quantitative estimate of drug-likeness (QED) is 0.170. The van der Waals surface area contributed by atoms with Crippen molar-refractivity contribution in [2.75, 3.05) is 0 Å². The molecule has 282 valence electrons. The van der Waals surface area contributed by atoms with Gasteiger partial charge in [0.2, 0.25) is 0 Å². The third kappa shape index (κ3) is 6.09. The van der Waals surface area contributed by atoms with E-state index < -0.39 is 0 Å². The van der Waals surface area contributed by atoms with E-state index in [0.29, 0.717) is 17.5 Å². The van der Waals surface area contributed by atoms with Gasteiger partial charge < -0.3 is 0 Å². The van der Waals surface area contributed by atoms with Crippen LogP contribution in [0, 0.1) is 0 Å². The maximum atomic E-state index is 4.97. The van der Waals surface area contributed by atoms with Gasteiger partial charge in [-0.3, -0.25) is 0 Å². The lowest BCUT2D eigenvalue weighted by Crippen LogP contribution is -2.14. The third-order valence-electron chi connectivity index (χ3n) is 12.2. The summed E-state index contributed by atoms with van der Waals surface area (Å²) >= 11 is 0. The molecule has 2 aliphatic rings. The molecule has 0 unspecified atom stereocenters. The second kappa shape index (κ2) is 14.3. The Labute approximate surface area is 346 Å². The lowest BCUT2D eigenvalue weighted by atomic mass is 9.81. The van der Waals surface area contributed by atoms with Gasteiger partial charge in [0.1, 0.15) is 0 Å². The molecule has 0 amide bonds. The van der Waals surface area contributed by atoms with Crippen LogP contribution in [0.5, 0.6) is 0 Å². The molecule has 1 heterocycles. The number of nitrogens with zero attached hydrogens (tertiary/aromatic N) is 3. The van der Waals surface area contributed by atoms with Crippen molar-refractivity contribution in [3.05, 3.63) is 210 Å². The molecule has 1 aromatic heterocycles. The highest BCUT2D eigenvalue weighted by Crippen LogP contribution is 2.51. The Morgan fingerprint density at radius 1 is 0.322 bits per heavy atom. The van der Waals surface area contributed by atoms with Crippen LogP contribution in [0.25, 0.3) is 89.8 Å². The molecule has 11 rings (SSSR count). The standard InChI is InChI=1S/C55H39N3.CH4/c1-55(2)50-25-10-9-20-46(50)47-31-30-40(33-51(47)55)43-22-13-24-45-44-23-12-21-42(48(44)34-49(43)45)36-28-26-35(27-29-36)39-18-11-19-41(32-39)54-57-52(37-14-5-3-6-15-37)56-53(58-54)38-16-7-4-8-17-38;/h3-33H,34H2,1-2H3;1H4. The molecular formula is C56H43N3. The fraction of sp³-hybridized carbons (Fsp3) is 0.0893. The van der Waals surface area contributed by atoms with Crippen molar-refractivity contribution < 1.29 is 0 Å².